The summed E-state index contributed by atoms with van der Waals surface area (Å²) >= 11 is 5.91. The molecule has 5 heteroatoms. The molecule has 0 aliphatic carbocycles. The maximum absolute atomic E-state index is 8.80. The van der Waals surface area contributed by atoms with Gasteiger partial charge < -0.3 is 4.74 Å². The van der Waals surface area contributed by atoms with Gasteiger partial charge >= 0.3 is 0 Å². The Balaban J connectivity index is 2.35. The van der Waals surface area contributed by atoms with E-state index in [2.05, 4.69) is 9.97 Å². The topological polar surface area (TPSA) is 58.8 Å². The molecule has 1 aromatic carbocycles. The van der Waals surface area contributed by atoms with Crippen LogP contribution in [0.1, 0.15) is 5.69 Å². The molecular formula is C11H6ClN3O. The second-order valence-corrected chi connectivity index (χ2v) is 3.26. The molecule has 78 valence electrons. The average Bonchev–Trinajstić information content (AvgIpc) is 2.33. The predicted octanol–water partition coefficient (Wildman–Crippen LogP) is 2.79. The van der Waals surface area contributed by atoms with Gasteiger partial charge in [0.25, 0.3) is 5.88 Å². The molecule has 2 rings (SSSR count). The summed E-state index contributed by atoms with van der Waals surface area (Å²) in [6, 6.07) is 8.85. The van der Waals surface area contributed by atoms with Gasteiger partial charge in [-0.1, -0.05) is 23.7 Å². The highest BCUT2D eigenvalue weighted by atomic mass is 35.5. The van der Waals surface area contributed by atoms with Crippen molar-refractivity contribution in [3.63, 3.8) is 0 Å². The fourth-order valence-electron chi connectivity index (χ4n) is 1.11. The van der Waals surface area contributed by atoms with Gasteiger partial charge in [-0.05, 0) is 12.1 Å². The van der Waals surface area contributed by atoms with E-state index in [0.29, 0.717) is 10.8 Å². The first kappa shape index (κ1) is 10.4. The van der Waals surface area contributed by atoms with Gasteiger partial charge in [0.1, 0.15) is 11.8 Å². The third-order valence-electron chi connectivity index (χ3n) is 1.81. The molecule has 0 unspecified atom stereocenters. The summed E-state index contributed by atoms with van der Waals surface area (Å²) in [5.41, 5.74) is 0.127. The minimum Gasteiger partial charge on any atom is -0.435 e. The summed E-state index contributed by atoms with van der Waals surface area (Å²) in [7, 11) is 0. The van der Waals surface area contributed by atoms with Crippen LogP contribution in [0.25, 0.3) is 0 Å². The fourth-order valence-corrected chi connectivity index (χ4v) is 1.28. The molecule has 1 heterocycles. The molecule has 0 amide bonds. The maximum Gasteiger partial charge on any atom is 0.256 e. The summed E-state index contributed by atoms with van der Waals surface area (Å²) in [6.45, 7) is 0. The minimum absolute atomic E-state index is 0.127. The monoisotopic (exact) mass is 231 g/mol. The van der Waals surface area contributed by atoms with Gasteiger partial charge in [0.05, 0.1) is 5.02 Å². The second-order valence-electron chi connectivity index (χ2n) is 2.85. The van der Waals surface area contributed by atoms with Crippen LogP contribution in [0.2, 0.25) is 5.02 Å². The summed E-state index contributed by atoms with van der Waals surface area (Å²) in [5, 5.41) is 9.26. The fraction of sp³-hybridized carbons (Fsp3) is 0. The predicted molar refractivity (Wildman–Crippen MR) is 58.3 cm³/mol. The molecule has 0 spiro atoms. The Hall–Kier alpha value is -2.12. The van der Waals surface area contributed by atoms with Crippen LogP contribution in [-0.2, 0) is 0 Å². The maximum atomic E-state index is 8.80. The van der Waals surface area contributed by atoms with Gasteiger partial charge in [0.2, 0.25) is 5.69 Å². The second kappa shape index (κ2) is 4.60. The molecule has 0 fully saturated rings. The number of nitrogens with zero attached hydrogens (tertiary/aromatic N) is 3. The first-order valence-electron chi connectivity index (χ1n) is 4.45. The largest absolute Gasteiger partial charge is 0.435 e. The van der Waals surface area contributed by atoms with E-state index in [4.69, 9.17) is 21.6 Å². The molecule has 0 atom stereocenters. The number of hydrogen-bond acceptors (Lipinski definition) is 4. The van der Waals surface area contributed by atoms with Crippen molar-refractivity contribution in [2.24, 2.45) is 0 Å². The van der Waals surface area contributed by atoms with E-state index in [0.717, 1.165) is 0 Å². The highest BCUT2D eigenvalue weighted by Crippen LogP contribution is 2.28. The van der Waals surface area contributed by atoms with Crippen molar-refractivity contribution in [1.82, 2.24) is 9.97 Å². The van der Waals surface area contributed by atoms with Crippen molar-refractivity contribution >= 4 is 11.6 Å². The van der Waals surface area contributed by atoms with Crippen LogP contribution >= 0.6 is 11.6 Å². The van der Waals surface area contributed by atoms with Crippen molar-refractivity contribution in [3.05, 3.63) is 47.4 Å². The average molecular weight is 232 g/mol. The lowest BCUT2D eigenvalue weighted by atomic mass is 10.3. The molecule has 4 nitrogen and oxygen atoms in total. The van der Waals surface area contributed by atoms with Crippen LogP contribution in [0, 0.1) is 11.3 Å². The summed E-state index contributed by atoms with van der Waals surface area (Å²) in [6.07, 6.45) is 2.88. The lowest BCUT2D eigenvalue weighted by Crippen LogP contribution is -1.94. The van der Waals surface area contributed by atoms with Crippen LogP contribution in [0.3, 0.4) is 0 Å². The SMILES string of the molecule is N#Cc1nccnc1Oc1ccccc1Cl. The minimum atomic E-state index is 0.127. The molecule has 0 N–H and O–H groups in total. The van der Waals surface area contributed by atoms with Gasteiger partial charge in [-0.15, -0.1) is 0 Å². The number of benzene rings is 1. The van der Waals surface area contributed by atoms with E-state index in [-0.39, 0.29) is 11.6 Å². The van der Waals surface area contributed by atoms with Crippen LogP contribution in [0.4, 0.5) is 0 Å². The number of ether oxygens (including phenoxy) is 1. The van der Waals surface area contributed by atoms with Crippen molar-refractivity contribution < 1.29 is 4.74 Å². The quantitative estimate of drug-likeness (QED) is 0.797. The normalized spacial score (nSPS) is 9.50. The van der Waals surface area contributed by atoms with Gasteiger partial charge in [-0.25, -0.2) is 9.97 Å². The zero-order valence-electron chi connectivity index (χ0n) is 8.09. The number of nitriles is 1. The number of halogens is 1. The molecule has 0 radical (unpaired) electrons. The molecule has 0 aliphatic heterocycles. The van der Waals surface area contributed by atoms with Crippen LogP contribution < -0.4 is 4.74 Å². The highest BCUT2D eigenvalue weighted by molar-refractivity contribution is 6.32. The Labute approximate surface area is 97.1 Å². The van der Waals surface area contributed by atoms with E-state index in [1.54, 1.807) is 24.3 Å². The van der Waals surface area contributed by atoms with Crippen LogP contribution in [0.15, 0.2) is 36.7 Å². The summed E-state index contributed by atoms with van der Waals surface area (Å²) < 4.78 is 5.40. The third kappa shape index (κ3) is 2.10. The number of hydrogen-bond donors (Lipinski definition) is 0. The highest BCUT2D eigenvalue weighted by Gasteiger charge is 2.08. The molecule has 0 bridgehead atoms. The van der Waals surface area contributed by atoms with Crippen molar-refractivity contribution in [2.45, 2.75) is 0 Å². The first-order chi connectivity index (χ1) is 7.81. The third-order valence-corrected chi connectivity index (χ3v) is 2.13. The lowest BCUT2D eigenvalue weighted by Gasteiger charge is -2.06. The lowest BCUT2D eigenvalue weighted by molar-refractivity contribution is 0.458. The van der Waals surface area contributed by atoms with E-state index < -0.39 is 0 Å². The zero-order chi connectivity index (χ0) is 11.4. The van der Waals surface area contributed by atoms with E-state index in [1.165, 1.54) is 12.4 Å². The van der Waals surface area contributed by atoms with E-state index in [1.807, 2.05) is 6.07 Å². The standard InChI is InChI=1S/C11H6ClN3O/c12-8-3-1-2-4-10(8)16-11-9(7-13)14-5-6-15-11/h1-6H. The zero-order valence-corrected chi connectivity index (χ0v) is 8.85. The van der Waals surface area contributed by atoms with E-state index in [9.17, 15) is 0 Å². The smallest absolute Gasteiger partial charge is 0.256 e. The number of para-hydroxylation sites is 1. The first-order valence-corrected chi connectivity index (χ1v) is 4.82. The van der Waals surface area contributed by atoms with Gasteiger partial charge in [0, 0.05) is 12.4 Å². The molecule has 2 aromatic rings. The van der Waals surface area contributed by atoms with E-state index >= 15 is 0 Å². The van der Waals surface area contributed by atoms with Crippen molar-refractivity contribution in [3.8, 4) is 17.7 Å². The molecule has 0 saturated carbocycles. The summed E-state index contributed by atoms with van der Waals surface area (Å²) in [4.78, 5) is 7.75. The molecule has 16 heavy (non-hydrogen) atoms. The van der Waals surface area contributed by atoms with Crippen molar-refractivity contribution in [2.75, 3.05) is 0 Å². The number of aromatic nitrogens is 2. The Morgan fingerprint density at radius 1 is 1.19 bits per heavy atom. The van der Waals surface area contributed by atoms with Gasteiger partial charge in [0.15, 0.2) is 0 Å². The Morgan fingerprint density at radius 3 is 2.69 bits per heavy atom. The molecule has 0 aliphatic rings. The molecule has 1 aromatic heterocycles. The van der Waals surface area contributed by atoms with Crippen molar-refractivity contribution in [1.29, 1.82) is 5.26 Å². The van der Waals surface area contributed by atoms with Crippen LogP contribution in [0.5, 0.6) is 11.6 Å². The van der Waals surface area contributed by atoms with Crippen LogP contribution in [-0.4, -0.2) is 9.97 Å². The van der Waals surface area contributed by atoms with Gasteiger partial charge in [-0.3, -0.25) is 0 Å². The summed E-state index contributed by atoms with van der Waals surface area (Å²) in [5.74, 6) is 0.597. The molecular weight excluding hydrogens is 226 g/mol. The Morgan fingerprint density at radius 2 is 1.94 bits per heavy atom. The van der Waals surface area contributed by atoms with Gasteiger partial charge in [-0.2, -0.15) is 5.26 Å². The Bertz CT molecular complexity index is 551. The molecule has 0 saturated heterocycles. The number of rotatable bonds is 2. The Kier molecular flexibility index (Phi) is 2.99.